The van der Waals surface area contributed by atoms with Crippen molar-refractivity contribution in [2.75, 3.05) is 13.7 Å². The van der Waals surface area contributed by atoms with Gasteiger partial charge < -0.3 is 9.47 Å². The molecule has 0 saturated heterocycles. The third-order valence-electron chi connectivity index (χ3n) is 1.98. The Labute approximate surface area is 110 Å². The Bertz CT molecular complexity index is 488. The van der Waals surface area contributed by atoms with Crippen molar-refractivity contribution in [2.45, 2.75) is 20.0 Å². The fourth-order valence-electron chi connectivity index (χ4n) is 1.25. The van der Waals surface area contributed by atoms with Crippen LogP contribution >= 0.6 is 11.3 Å². The van der Waals surface area contributed by atoms with Crippen LogP contribution in [-0.2, 0) is 14.3 Å². The molecule has 0 aliphatic heterocycles. The number of nitrogens with zero attached hydrogens (tertiary/aromatic N) is 2. The van der Waals surface area contributed by atoms with E-state index in [0.29, 0.717) is 12.3 Å². The maximum absolute atomic E-state index is 11.7. The van der Waals surface area contributed by atoms with Gasteiger partial charge in [0.05, 0.1) is 17.3 Å². The zero-order chi connectivity index (χ0) is 13.5. The molecule has 0 aliphatic rings. The van der Waals surface area contributed by atoms with Gasteiger partial charge in [-0.3, -0.25) is 0 Å². The largest absolute Gasteiger partial charge is 0.456 e. The summed E-state index contributed by atoms with van der Waals surface area (Å²) >= 11 is 1.45. The summed E-state index contributed by atoms with van der Waals surface area (Å²) in [7, 11) is 1.52. The summed E-state index contributed by atoms with van der Waals surface area (Å²) < 4.78 is 9.89. The van der Waals surface area contributed by atoms with E-state index < -0.39 is 12.1 Å². The van der Waals surface area contributed by atoms with Gasteiger partial charge in [0.2, 0.25) is 0 Å². The highest BCUT2D eigenvalue weighted by Gasteiger charge is 2.15. The summed E-state index contributed by atoms with van der Waals surface area (Å²) in [5.74, 6) is -0.660. The Kier molecular flexibility index (Phi) is 5.49. The van der Waals surface area contributed by atoms with Gasteiger partial charge in [-0.15, -0.1) is 11.3 Å². The maximum Gasteiger partial charge on any atom is 0.349 e. The fraction of sp³-hybridized carbons (Fsp3) is 0.417. The van der Waals surface area contributed by atoms with E-state index in [1.165, 1.54) is 24.5 Å². The zero-order valence-corrected chi connectivity index (χ0v) is 11.3. The molecule has 0 spiro atoms. The molecule has 0 aromatic carbocycles. The monoisotopic (exact) mass is 266 g/mol. The predicted molar refractivity (Wildman–Crippen MR) is 67.9 cm³/mol. The Morgan fingerprint density at radius 1 is 1.72 bits per heavy atom. The SMILES string of the molecule is COC[C@@H](C)OC(=O)/C(C#N)=C/c1csc(C)n1. The molecule has 1 atom stereocenters. The second kappa shape index (κ2) is 6.89. The molecule has 1 aromatic rings. The molecule has 0 saturated carbocycles. The summed E-state index contributed by atoms with van der Waals surface area (Å²) in [6.07, 6.45) is 1.03. The smallest absolute Gasteiger partial charge is 0.349 e. The Morgan fingerprint density at radius 2 is 2.44 bits per heavy atom. The summed E-state index contributed by atoms with van der Waals surface area (Å²) in [5, 5.41) is 11.6. The lowest BCUT2D eigenvalue weighted by Gasteiger charge is -2.11. The Hall–Kier alpha value is -1.71. The van der Waals surface area contributed by atoms with Gasteiger partial charge >= 0.3 is 5.97 Å². The van der Waals surface area contributed by atoms with Crippen LogP contribution in [0.15, 0.2) is 11.0 Å². The van der Waals surface area contributed by atoms with Gasteiger partial charge in [0, 0.05) is 12.5 Å². The van der Waals surface area contributed by atoms with E-state index in [9.17, 15) is 4.79 Å². The third kappa shape index (κ3) is 4.28. The van der Waals surface area contributed by atoms with Crippen LogP contribution in [0.25, 0.3) is 6.08 Å². The van der Waals surface area contributed by atoms with Crippen molar-refractivity contribution in [3.8, 4) is 6.07 Å². The first-order valence-electron chi connectivity index (χ1n) is 5.30. The fourth-order valence-corrected chi connectivity index (χ4v) is 1.82. The van der Waals surface area contributed by atoms with E-state index >= 15 is 0 Å². The molecule has 96 valence electrons. The molecule has 0 bridgehead atoms. The first-order valence-corrected chi connectivity index (χ1v) is 6.18. The molecule has 1 heterocycles. The van der Waals surface area contributed by atoms with Crippen LogP contribution < -0.4 is 0 Å². The number of esters is 1. The van der Waals surface area contributed by atoms with Crippen LogP contribution in [0.2, 0.25) is 0 Å². The van der Waals surface area contributed by atoms with Crippen LogP contribution in [0.3, 0.4) is 0 Å². The molecule has 1 aromatic heterocycles. The minimum absolute atomic E-state index is 0.0664. The van der Waals surface area contributed by atoms with Gasteiger partial charge in [-0.05, 0) is 19.9 Å². The van der Waals surface area contributed by atoms with Gasteiger partial charge in [0.25, 0.3) is 0 Å². The standard InChI is InChI=1S/C12H14N2O3S/c1-8(6-16-3)17-12(15)10(5-13)4-11-7-18-9(2)14-11/h4,7-8H,6H2,1-3H3/b10-4+/t8-/m1/s1. The van der Waals surface area contributed by atoms with Gasteiger partial charge in [0.1, 0.15) is 17.7 Å². The van der Waals surface area contributed by atoms with Crippen molar-refractivity contribution >= 4 is 23.4 Å². The number of ether oxygens (including phenoxy) is 2. The van der Waals surface area contributed by atoms with E-state index in [-0.39, 0.29) is 5.57 Å². The molecule has 0 radical (unpaired) electrons. The molecule has 18 heavy (non-hydrogen) atoms. The topological polar surface area (TPSA) is 72.2 Å². The molecule has 0 unspecified atom stereocenters. The van der Waals surface area contributed by atoms with Gasteiger partial charge in [-0.1, -0.05) is 0 Å². The summed E-state index contributed by atoms with van der Waals surface area (Å²) in [6, 6.07) is 1.82. The van der Waals surface area contributed by atoms with E-state index in [4.69, 9.17) is 14.7 Å². The van der Waals surface area contributed by atoms with Gasteiger partial charge in [-0.25, -0.2) is 9.78 Å². The number of nitriles is 1. The number of hydrogen-bond donors (Lipinski definition) is 0. The molecule has 5 nitrogen and oxygen atoms in total. The second-order valence-corrected chi connectivity index (χ2v) is 4.69. The molecule has 0 aliphatic carbocycles. The molecular formula is C12H14N2O3S. The number of hydrogen-bond acceptors (Lipinski definition) is 6. The quantitative estimate of drug-likeness (QED) is 0.462. The maximum atomic E-state index is 11.7. The lowest BCUT2D eigenvalue weighted by Crippen LogP contribution is -2.20. The number of aryl methyl sites for hydroxylation is 1. The molecule has 0 N–H and O–H groups in total. The lowest BCUT2D eigenvalue weighted by atomic mass is 10.2. The Morgan fingerprint density at radius 3 is 2.94 bits per heavy atom. The van der Waals surface area contributed by atoms with Crippen LogP contribution in [0.4, 0.5) is 0 Å². The van der Waals surface area contributed by atoms with E-state index in [1.54, 1.807) is 12.3 Å². The highest BCUT2D eigenvalue weighted by Crippen LogP contribution is 2.12. The average molecular weight is 266 g/mol. The molecule has 6 heteroatoms. The number of thiazole rings is 1. The van der Waals surface area contributed by atoms with E-state index in [2.05, 4.69) is 4.98 Å². The van der Waals surface area contributed by atoms with Crippen molar-refractivity contribution in [2.24, 2.45) is 0 Å². The van der Waals surface area contributed by atoms with Crippen molar-refractivity contribution in [3.05, 3.63) is 21.7 Å². The molecule has 0 fully saturated rings. The molecule has 0 amide bonds. The van der Waals surface area contributed by atoms with Crippen LogP contribution in [0.5, 0.6) is 0 Å². The first kappa shape index (κ1) is 14.4. The minimum Gasteiger partial charge on any atom is -0.456 e. The third-order valence-corrected chi connectivity index (χ3v) is 2.77. The number of carbonyl (C=O) groups excluding carboxylic acids is 1. The predicted octanol–water partition coefficient (Wildman–Crippen LogP) is 1.94. The highest BCUT2D eigenvalue weighted by atomic mass is 32.1. The lowest BCUT2D eigenvalue weighted by molar-refractivity contribution is -0.145. The normalized spacial score (nSPS) is 12.9. The minimum atomic E-state index is -0.660. The number of rotatable bonds is 5. The molecule has 1 rings (SSSR count). The van der Waals surface area contributed by atoms with Crippen LogP contribution in [-0.4, -0.2) is 30.8 Å². The van der Waals surface area contributed by atoms with Crippen LogP contribution in [0.1, 0.15) is 17.6 Å². The highest BCUT2D eigenvalue weighted by molar-refractivity contribution is 7.09. The van der Waals surface area contributed by atoms with Gasteiger partial charge in [-0.2, -0.15) is 5.26 Å². The molecular weight excluding hydrogens is 252 g/mol. The number of aromatic nitrogens is 1. The van der Waals surface area contributed by atoms with E-state index in [1.807, 2.05) is 13.0 Å². The summed E-state index contributed by atoms with van der Waals surface area (Å²) in [5.41, 5.74) is 0.522. The van der Waals surface area contributed by atoms with Crippen molar-refractivity contribution in [1.29, 1.82) is 5.26 Å². The zero-order valence-electron chi connectivity index (χ0n) is 10.5. The van der Waals surface area contributed by atoms with Crippen molar-refractivity contribution < 1.29 is 14.3 Å². The van der Waals surface area contributed by atoms with Gasteiger partial charge in [0.15, 0.2) is 0 Å². The summed E-state index contributed by atoms with van der Waals surface area (Å²) in [6.45, 7) is 3.84. The van der Waals surface area contributed by atoms with Crippen molar-refractivity contribution in [1.82, 2.24) is 4.98 Å². The Balaban J connectivity index is 2.75. The number of methoxy groups -OCH3 is 1. The van der Waals surface area contributed by atoms with Crippen LogP contribution in [0, 0.1) is 18.3 Å². The first-order chi connectivity index (χ1) is 8.56. The van der Waals surface area contributed by atoms with Crippen molar-refractivity contribution in [3.63, 3.8) is 0 Å². The number of carbonyl (C=O) groups is 1. The van der Waals surface area contributed by atoms with E-state index in [0.717, 1.165) is 5.01 Å². The average Bonchev–Trinajstić information content (AvgIpc) is 2.71. The second-order valence-electron chi connectivity index (χ2n) is 3.63. The summed E-state index contributed by atoms with van der Waals surface area (Å²) in [4.78, 5) is 15.8.